The molecule has 1 aromatic rings. The summed E-state index contributed by atoms with van der Waals surface area (Å²) in [6, 6.07) is 3.58. The number of hydrogen-bond acceptors (Lipinski definition) is 2. The van der Waals surface area contributed by atoms with Gasteiger partial charge in [-0.25, -0.2) is 0 Å². The van der Waals surface area contributed by atoms with Gasteiger partial charge in [0, 0.05) is 18.0 Å². The molecule has 5 heteroatoms. The van der Waals surface area contributed by atoms with Crippen LogP contribution in [0.5, 0.6) is 0 Å². The third-order valence-electron chi connectivity index (χ3n) is 2.87. The van der Waals surface area contributed by atoms with Gasteiger partial charge in [0.05, 0.1) is 11.3 Å². The number of ketones is 1. The van der Waals surface area contributed by atoms with Crippen LogP contribution in [0.15, 0.2) is 18.2 Å². The van der Waals surface area contributed by atoms with E-state index < -0.39 is 11.7 Å². The first-order valence-corrected chi connectivity index (χ1v) is 5.39. The fourth-order valence-electron chi connectivity index (χ4n) is 1.98. The number of anilines is 1. The molecule has 17 heavy (non-hydrogen) atoms. The fourth-order valence-corrected chi connectivity index (χ4v) is 1.98. The molecule has 0 amide bonds. The molecule has 0 spiro atoms. The minimum atomic E-state index is -4.44. The number of halogens is 3. The first-order valence-electron chi connectivity index (χ1n) is 5.39. The number of para-hydroxylation sites is 1. The average molecular weight is 243 g/mol. The molecule has 1 aliphatic rings. The van der Waals surface area contributed by atoms with E-state index >= 15 is 0 Å². The monoisotopic (exact) mass is 243 g/mol. The van der Waals surface area contributed by atoms with Crippen molar-refractivity contribution in [3.8, 4) is 0 Å². The maximum Gasteiger partial charge on any atom is 0.418 e. The van der Waals surface area contributed by atoms with Gasteiger partial charge in [-0.15, -0.1) is 0 Å². The van der Waals surface area contributed by atoms with Crippen molar-refractivity contribution in [3.63, 3.8) is 0 Å². The van der Waals surface area contributed by atoms with Crippen molar-refractivity contribution in [2.45, 2.75) is 32.0 Å². The van der Waals surface area contributed by atoms with Crippen molar-refractivity contribution >= 4 is 11.5 Å². The van der Waals surface area contributed by atoms with E-state index in [0.717, 1.165) is 6.07 Å². The van der Waals surface area contributed by atoms with Gasteiger partial charge in [-0.1, -0.05) is 6.07 Å². The topological polar surface area (TPSA) is 29.1 Å². The van der Waals surface area contributed by atoms with E-state index in [1.807, 2.05) is 0 Å². The van der Waals surface area contributed by atoms with Crippen LogP contribution in [0.4, 0.5) is 18.9 Å². The molecule has 0 radical (unpaired) electrons. The zero-order valence-corrected chi connectivity index (χ0v) is 9.27. The van der Waals surface area contributed by atoms with Crippen molar-refractivity contribution < 1.29 is 18.0 Å². The lowest BCUT2D eigenvalue weighted by Gasteiger charge is -2.18. The third-order valence-corrected chi connectivity index (χ3v) is 2.87. The molecular weight excluding hydrogens is 231 g/mol. The highest BCUT2D eigenvalue weighted by molar-refractivity contribution is 6.02. The maximum absolute atomic E-state index is 12.8. The predicted molar refractivity (Wildman–Crippen MR) is 58.1 cm³/mol. The molecule has 0 bridgehead atoms. The highest BCUT2D eigenvalue weighted by Crippen LogP contribution is 2.38. The van der Waals surface area contributed by atoms with Crippen LogP contribution in [0.1, 0.15) is 35.7 Å². The van der Waals surface area contributed by atoms with Gasteiger partial charge in [-0.3, -0.25) is 4.79 Å². The molecule has 0 fully saturated rings. The van der Waals surface area contributed by atoms with Crippen LogP contribution in [0.25, 0.3) is 0 Å². The second kappa shape index (κ2) is 4.05. The van der Waals surface area contributed by atoms with Crippen LogP contribution >= 0.6 is 0 Å². The summed E-state index contributed by atoms with van der Waals surface area (Å²) >= 11 is 0. The molecule has 92 valence electrons. The van der Waals surface area contributed by atoms with Gasteiger partial charge in [0.1, 0.15) is 0 Å². The van der Waals surface area contributed by atoms with Gasteiger partial charge >= 0.3 is 6.18 Å². The van der Waals surface area contributed by atoms with Crippen LogP contribution in [0.3, 0.4) is 0 Å². The van der Waals surface area contributed by atoms with Gasteiger partial charge in [-0.2, -0.15) is 13.2 Å². The number of alkyl halides is 3. The zero-order valence-electron chi connectivity index (χ0n) is 9.27. The third kappa shape index (κ3) is 2.28. The molecule has 1 aliphatic heterocycles. The second-order valence-corrected chi connectivity index (χ2v) is 4.23. The number of fused-ring (bicyclic) bond motifs is 1. The average Bonchev–Trinajstić information content (AvgIpc) is 2.37. The molecule has 0 aromatic heterocycles. The molecule has 1 unspecified atom stereocenters. The molecule has 2 rings (SSSR count). The van der Waals surface area contributed by atoms with Gasteiger partial charge in [-0.05, 0) is 25.5 Å². The van der Waals surface area contributed by atoms with Gasteiger partial charge in [0.2, 0.25) is 0 Å². The quantitative estimate of drug-likeness (QED) is 0.755. The summed E-state index contributed by atoms with van der Waals surface area (Å²) in [5, 5.41) is 2.79. The van der Waals surface area contributed by atoms with Crippen molar-refractivity contribution in [3.05, 3.63) is 29.3 Å². The maximum atomic E-state index is 12.8. The molecule has 1 heterocycles. The zero-order chi connectivity index (χ0) is 12.6. The Morgan fingerprint density at radius 1 is 1.35 bits per heavy atom. The Balaban J connectivity index is 2.59. The van der Waals surface area contributed by atoms with Crippen LogP contribution in [-0.2, 0) is 6.18 Å². The van der Waals surface area contributed by atoms with Gasteiger partial charge in [0.15, 0.2) is 5.78 Å². The number of benzene rings is 1. The van der Waals surface area contributed by atoms with E-state index in [1.54, 1.807) is 6.92 Å². The standard InChI is InChI=1S/C12H12F3NO/c1-7-5-6-10(17)8-3-2-4-9(11(8)16-7)12(13,14)15/h2-4,7,16H,5-6H2,1H3. The van der Waals surface area contributed by atoms with Crippen molar-refractivity contribution in [1.82, 2.24) is 0 Å². The fraction of sp³-hybridized carbons (Fsp3) is 0.417. The Kier molecular flexibility index (Phi) is 2.85. The number of rotatable bonds is 0. The first-order chi connectivity index (χ1) is 7.89. The lowest BCUT2D eigenvalue weighted by Crippen LogP contribution is -2.17. The van der Waals surface area contributed by atoms with Gasteiger partial charge < -0.3 is 5.32 Å². The molecule has 0 aliphatic carbocycles. The Bertz CT molecular complexity index is 454. The minimum absolute atomic E-state index is 0.0741. The summed E-state index contributed by atoms with van der Waals surface area (Å²) in [6.45, 7) is 1.77. The Labute approximate surface area is 96.8 Å². The van der Waals surface area contributed by atoms with Crippen molar-refractivity contribution in [2.75, 3.05) is 5.32 Å². The number of Topliss-reactive ketones (excluding diaryl/α,β-unsaturated/α-hetero) is 1. The first kappa shape index (κ1) is 12.0. The highest BCUT2D eigenvalue weighted by atomic mass is 19.4. The molecule has 1 atom stereocenters. The number of hydrogen-bond donors (Lipinski definition) is 1. The van der Waals surface area contributed by atoms with E-state index in [0.29, 0.717) is 6.42 Å². The van der Waals surface area contributed by atoms with Crippen LogP contribution in [0.2, 0.25) is 0 Å². The number of carbonyl (C=O) groups is 1. The highest BCUT2D eigenvalue weighted by Gasteiger charge is 2.36. The minimum Gasteiger partial charge on any atom is -0.381 e. The number of nitrogens with one attached hydrogen (secondary N) is 1. The Morgan fingerprint density at radius 2 is 2.06 bits per heavy atom. The van der Waals surface area contributed by atoms with E-state index in [4.69, 9.17) is 0 Å². The molecular formula is C12H12F3NO. The van der Waals surface area contributed by atoms with Crippen molar-refractivity contribution in [1.29, 1.82) is 0 Å². The molecule has 2 nitrogen and oxygen atoms in total. The van der Waals surface area contributed by atoms with Crippen LogP contribution < -0.4 is 5.32 Å². The van der Waals surface area contributed by atoms with Gasteiger partial charge in [0.25, 0.3) is 0 Å². The summed E-state index contributed by atoms with van der Waals surface area (Å²) < 4.78 is 38.4. The summed E-state index contributed by atoms with van der Waals surface area (Å²) in [5.41, 5.74) is -0.698. The van der Waals surface area contributed by atoms with E-state index in [1.165, 1.54) is 12.1 Å². The van der Waals surface area contributed by atoms with Crippen LogP contribution in [0, 0.1) is 0 Å². The lowest BCUT2D eigenvalue weighted by atomic mass is 10.0. The van der Waals surface area contributed by atoms with Crippen molar-refractivity contribution in [2.24, 2.45) is 0 Å². The normalized spacial score (nSPS) is 20.5. The Morgan fingerprint density at radius 3 is 2.71 bits per heavy atom. The summed E-state index contributed by atoms with van der Waals surface area (Å²) in [5.74, 6) is -0.233. The summed E-state index contributed by atoms with van der Waals surface area (Å²) in [4.78, 5) is 11.7. The second-order valence-electron chi connectivity index (χ2n) is 4.23. The van der Waals surface area contributed by atoms with E-state index in [2.05, 4.69) is 5.32 Å². The number of carbonyl (C=O) groups excluding carboxylic acids is 1. The summed E-state index contributed by atoms with van der Waals surface area (Å²) in [7, 11) is 0. The molecule has 0 saturated heterocycles. The SMILES string of the molecule is CC1CCC(=O)c2cccc(C(F)(F)F)c2N1. The molecule has 1 aromatic carbocycles. The smallest absolute Gasteiger partial charge is 0.381 e. The largest absolute Gasteiger partial charge is 0.418 e. The van der Waals surface area contributed by atoms with E-state index in [-0.39, 0.29) is 29.5 Å². The Hall–Kier alpha value is -1.52. The lowest BCUT2D eigenvalue weighted by molar-refractivity contribution is -0.137. The van der Waals surface area contributed by atoms with E-state index in [9.17, 15) is 18.0 Å². The van der Waals surface area contributed by atoms with Crippen LogP contribution in [-0.4, -0.2) is 11.8 Å². The molecule has 1 N–H and O–H groups in total. The summed E-state index contributed by atoms with van der Waals surface area (Å²) in [6.07, 6.45) is -3.62. The molecule has 0 saturated carbocycles. The predicted octanol–water partition coefficient (Wildman–Crippen LogP) is 3.48.